The van der Waals surface area contributed by atoms with Crippen LogP contribution in [0.1, 0.15) is 13.3 Å². The molecule has 0 bridgehead atoms. The Morgan fingerprint density at radius 2 is 2.47 bits per heavy atom. The Hall–Kier alpha value is -1.69. The zero-order valence-electron chi connectivity index (χ0n) is 9.80. The van der Waals surface area contributed by atoms with E-state index in [1.54, 1.807) is 6.07 Å². The zero-order valence-corrected chi connectivity index (χ0v) is 9.80. The van der Waals surface area contributed by atoms with Crippen LogP contribution in [0.5, 0.6) is 0 Å². The van der Waals surface area contributed by atoms with Gasteiger partial charge < -0.3 is 10.2 Å². The standard InChI is InChI=1S/C11H16N4O2/c1-2-14(9-5-6-12-7-9)11-4-3-10(8-13-11)15(16)17/h3-4,8-9,12H,2,5-7H2,1H3. The van der Waals surface area contributed by atoms with Crippen LogP contribution in [0, 0.1) is 10.1 Å². The van der Waals surface area contributed by atoms with Gasteiger partial charge in [0.2, 0.25) is 0 Å². The number of pyridine rings is 1. The van der Waals surface area contributed by atoms with Crippen molar-refractivity contribution >= 4 is 11.5 Å². The number of rotatable bonds is 4. The predicted octanol–water partition coefficient (Wildman–Crippen LogP) is 1.18. The maximum Gasteiger partial charge on any atom is 0.287 e. The van der Waals surface area contributed by atoms with Gasteiger partial charge in [-0.2, -0.15) is 0 Å². The van der Waals surface area contributed by atoms with Crippen LogP contribution < -0.4 is 10.2 Å². The van der Waals surface area contributed by atoms with E-state index in [1.165, 1.54) is 12.3 Å². The number of likely N-dealkylation sites (N-methyl/N-ethyl adjacent to an activating group) is 1. The van der Waals surface area contributed by atoms with Crippen molar-refractivity contribution in [1.82, 2.24) is 10.3 Å². The highest BCUT2D eigenvalue weighted by molar-refractivity contribution is 5.44. The van der Waals surface area contributed by atoms with Crippen LogP contribution in [0.2, 0.25) is 0 Å². The highest BCUT2D eigenvalue weighted by Gasteiger charge is 2.22. The van der Waals surface area contributed by atoms with Crippen molar-refractivity contribution in [2.75, 3.05) is 24.5 Å². The molecule has 0 saturated carbocycles. The molecule has 0 radical (unpaired) electrons. The van der Waals surface area contributed by atoms with Gasteiger partial charge in [0, 0.05) is 25.2 Å². The monoisotopic (exact) mass is 236 g/mol. The van der Waals surface area contributed by atoms with Crippen molar-refractivity contribution in [2.24, 2.45) is 0 Å². The average molecular weight is 236 g/mol. The summed E-state index contributed by atoms with van der Waals surface area (Å²) in [4.78, 5) is 16.5. The molecule has 6 nitrogen and oxygen atoms in total. The number of nitrogens with zero attached hydrogens (tertiary/aromatic N) is 3. The molecule has 0 aliphatic carbocycles. The molecule has 1 saturated heterocycles. The third-order valence-corrected chi connectivity index (χ3v) is 3.05. The highest BCUT2D eigenvalue weighted by Crippen LogP contribution is 2.19. The highest BCUT2D eigenvalue weighted by atomic mass is 16.6. The van der Waals surface area contributed by atoms with Gasteiger partial charge in [0.15, 0.2) is 0 Å². The van der Waals surface area contributed by atoms with Crippen LogP contribution in [0.4, 0.5) is 11.5 Å². The molecule has 1 atom stereocenters. The lowest BCUT2D eigenvalue weighted by molar-refractivity contribution is -0.385. The normalized spacial score (nSPS) is 19.2. The van der Waals surface area contributed by atoms with Gasteiger partial charge in [-0.3, -0.25) is 10.1 Å². The smallest absolute Gasteiger partial charge is 0.287 e. The van der Waals surface area contributed by atoms with E-state index in [4.69, 9.17) is 0 Å². The van der Waals surface area contributed by atoms with Crippen molar-refractivity contribution in [3.63, 3.8) is 0 Å². The third-order valence-electron chi connectivity index (χ3n) is 3.05. The fourth-order valence-electron chi connectivity index (χ4n) is 2.17. The molecule has 1 aliphatic heterocycles. The minimum atomic E-state index is -0.426. The Labute approximate surface area is 99.8 Å². The predicted molar refractivity (Wildman–Crippen MR) is 65.2 cm³/mol. The Balaban J connectivity index is 2.16. The zero-order chi connectivity index (χ0) is 12.3. The lowest BCUT2D eigenvalue weighted by Gasteiger charge is -2.28. The molecule has 0 aromatic carbocycles. The minimum absolute atomic E-state index is 0.0364. The summed E-state index contributed by atoms with van der Waals surface area (Å²) >= 11 is 0. The molecule has 1 unspecified atom stereocenters. The van der Waals surface area contributed by atoms with Crippen LogP contribution in [0.3, 0.4) is 0 Å². The third kappa shape index (κ3) is 2.52. The first kappa shape index (κ1) is 11.8. The number of nitro groups is 1. The van der Waals surface area contributed by atoms with Gasteiger partial charge in [-0.15, -0.1) is 0 Å². The van der Waals surface area contributed by atoms with Crippen LogP contribution in [-0.4, -0.2) is 35.6 Å². The molecule has 92 valence electrons. The van der Waals surface area contributed by atoms with E-state index in [0.29, 0.717) is 6.04 Å². The van der Waals surface area contributed by atoms with Crippen molar-refractivity contribution in [2.45, 2.75) is 19.4 Å². The maximum absolute atomic E-state index is 10.5. The minimum Gasteiger partial charge on any atom is -0.353 e. The molecule has 1 aliphatic rings. The summed E-state index contributed by atoms with van der Waals surface area (Å²) in [6.45, 7) is 4.90. The second-order valence-electron chi connectivity index (χ2n) is 4.06. The van der Waals surface area contributed by atoms with E-state index in [1.807, 2.05) is 0 Å². The molecule has 1 aromatic heterocycles. The topological polar surface area (TPSA) is 71.3 Å². The Kier molecular flexibility index (Phi) is 3.53. The van der Waals surface area contributed by atoms with Gasteiger partial charge in [0.05, 0.1) is 4.92 Å². The Bertz CT molecular complexity index is 387. The number of hydrogen-bond donors (Lipinski definition) is 1. The summed E-state index contributed by atoms with van der Waals surface area (Å²) in [6, 6.07) is 3.67. The van der Waals surface area contributed by atoms with Crippen molar-refractivity contribution in [3.05, 3.63) is 28.4 Å². The first-order chi connectivity index (χ1) is 8.22. The number of nitrogens with one attached hydrogen (secondary N) is 1. The van der Waals surface area contributed by atoms with Crippen LogP contribution in [-0.2, 0) is 0 Å². The molecule has 2 rings (SSSR count). The van der Waals surface area contributed by atoms with Crippen LogP contribution >= 0.6 is 0 Å². The first-order valence-electron chi connectivity index (χ1n) is 5.80. The summed E-state index contributed by atoms with van der Waals surface area (Å²) in [7, 11) is 0. The quantitative estimate of drug-likeness (QED) is 0.627. The summed E-state index contributed by atoms with van der Waals surface area (Å²) in [6.07, 6.45) is 2.41. The molecule has 0 amide bonds. The molecule has 1 N–H and O–H groups in total. The van der Waals surface area contributed by atoms with Crippen LogP contribution in [0.15, 0.2) is 18.3 Å². The number of anilines is 1. The largest absolute Gasteiger partial charge is 0.353 e. The van der Waals surface area contributed by atoms with Crippen molar-refractivity contribution in [1.29, 1.82) is 0 Å². The summed E-state index contributed by atoms with van der Waals surface area (Å²) in [5.41, 5.74) is 0.0364. The van der Waals surface area contributed by atoms with E-state index in [0.717, 1.165) is 31.9 Å². The number of aromatic nitrogens is 1. The molecular weight excluding hydrogens is 220 g/mol. The first-order valence-corrected chi connectivity index (χ1v) is 5.80. The van der Waals surface area contributed by atoms with Gasteiger partial charge in [-0.1, -0.05) is 0 Å². The molecule has 0 spiro atoms. The van der Waals surface area contributed by atoms with Gasteiger partial charge in [0.1, 0.15) is 12.0 Å². The van der Waals surface area contributed by atoms with E-state index in [-0.39, 0.29) is 5.69 Å². The SMILES string of the molecule is CCN(c1ccc([N+](=O)[O-])cn1)C1CCNC1. The number of hydrogen-bond acceptors (Lipinski definition) is 5. The van der Waals surface area contributed by atoms with E-state index >= 15 is 0 Å². The van der Waals surface area contributed by atoms with Crippen molar-refractivity contribution < 1.29 is 4.92 Å². The molecule has 6 heteroatoms. The fraction of sp³-hybridized carbons (Fsp3) is 0.545. The molecule has 17 heavy (non-hydrogen) atoms. The average Bonchev–Trinajstić information content (AvgIpc) is 2.84. The second-order valence-corrected chi connectivity index (χ2v) is 4.06. The Morgan fingerprint density at radius 3 is 2.94 bits per heavy atom. The summed E-state index contributed by atoms with van der Waals surface area (Å²) in [5, 5.41) is 13.9. The second kappa shape index (κ2) is 5.09. The van der Waals surface area contributed by atoms with Crippen molar-refractivity contribution in [3.8, 4) is 0 Å². The molecule has 1 aromatic rings. The van der Waals surface area contributed by atoms with Crippen LogP contribution in [0.25, 0.3) is 0 Å². The van der Waals surface area contributed by atoms with E-state index < -0.39 is 4.92 Å². The lowest BCUT2D eigenvalue weighted by Crippen LogP contribution is -2.37. The lowest BCUT2D eigenvalue weighted by atomic mass is 10.2. The van der Waals surface area contributed by atoms with Gasteiger partial charge in [-0.05, 0) is 26.0 Å². The fourth-order valence-corrected chi connectivity index (χ4v) is 2.17. The summed E-state index contributed by atoms with van der Waals surface area (Å²) in [5.74, 6) is 0.812. The van der Waals surface area contributed by atoms with E-state index in [2.05, 4.69) is 22.1 Å². The maximum atomic E-state index is 10.5. The van der Waals surface area contributed by atoms with Gasteiger partial charge in [-0.25, -0.2) is 4.98 Å². The van der Waals surface area contributed by atoms with E-state index in [9.17, 15) is 10.1 Å². The summed E-state index contributed by atoms with van der Waals surface area (Å²) < 4.78 is 0. The Morgan fingerprint density at radius 1 is 1.65 bits per heavy atom. The molecule has 2 heterocycles. The molecular formula is C11H16N4O2. The molecule has 1 fully saturated rings. The van der Waals surface area contributed by atoms with Gasteiger partial charge in [0.25, 0.3) is 5.69 Å². The van der Waals surface area contributed by atoms with Gasteiger partial charge >= 0.3 is 0 Å².